The van der Waals surface area contributed by atoms with Crippen LogP contribution in [0.3, 0.4) is 0 Å². The maximum absolute atomic E-state index is 5.64. The van der Waals surface area contributed by atoms with Gasteiger partial charge in [0, 0.05) is 73.7 Å². The van der Waals surface area contributed by atoms with E-state index in [4.69, 9.17) is 23.7 Å². The predicted molar refractivity (Wildman–Crippen MR) is 384 cm³/mol. The summed E-state index contributed by atoms with van der Waals surface area (Å²) < 4.78 is 27.8. The Morgan fingerprint density at radius 1 is 0.215 bits per heavy atom. The standard InChI is InChI=1S/C84H76N4O5/c1-60-10-24-67(25-11-60)85(74-38-48-79(89-2)49-39-74)68-26-12-61(13-27-68)62-14-28-69(29-15-62)86(75-40-50-80(90-3)51-41-75)72-34-20-65(21-35-72)84(58-8-7-9-59-84)66-22-36-73(37-23-66)87(76-42-52-81(91-4)53-43-76)70-30-16-63(17-31-70)64-18-32-71(33-19-64)88(77-44-54-82(92-5)55-45-77)78-46-56-83(93-6)57-47-78/h10-57H,7-9,58-59H2,1-6H3. The Morgan fingerprint density at radius 2 is 0.387 bits per heavy atom. The SMILES string of the molecule is COc1ccc(N(c2ccc(C)cc2)c2ccc(-c3ccc(N(c4ccc(OC)cc4)c4ccc(C5(c6ccc(N(c7ccc(OC)cc7)c7ccc(-c8ccc(N(c9ccc(OC)cc9)c9ccc(OC)cc9)cc8)cc7)cc6)CCCCC5)cc4)cc3)cc2)cc1. The summed E-state index contributed by atoms with van der Waals surface area (Å²) in [7, 11) is 8.50. The molecule has 0 saturated heterocycles. The van der Waals surface area contributed by atoms with Crippen molar-refractivity contribution >= 4 is 68.2 Å². The molecule has 0 aliphatic heterocycles. The summed E-state index contributed by atoms with van der Waals surface area (Å²) in [6.07, 6.45) is 5.72. The van der Waals surface area contributed by atoms with Crippen LogP contribution >= 0.6 is 0 Å². The summed E-state index contributed by atoms with van der Waals surface area (Å²) in [5.74, 6) is 4.07. The number of aryl methyl sites for hydroxylation is 1. The van der Waals surface area contributed by atoms with Crippen LogP contribution in [-0.2, 0) is 5.41 Å². The van der Waals surface area contributed by atoms with Crippen LogP contribution in [0.15, 0.2) is 291 Å². The first-order valence-corrected chi connectivity index (χ1v) is 31.8. The number of nitrogens with zero attached hydrogens (tertiary/aromatic N) is 4. The molecule has 0 atom stereocenters. The molecule has 12 aromatic carbocycles. The van der Waals surface area contributed by atoms with Gasteiger partial charge < -0.3 is 43.3 Å². The Morgan fingerprint density at radius 3 is 0.581 bits per heavy atom. The average Bonchev–Trinajstić information content (AvgIpc) is 0.996. The zero-order valence-electron chi connectivity index (χ0n) is 53.6. The highest BCUT2D eigenvalue weighted by Crippen LogP contribution is 2.48. The van der Waals surface area contributed by atoms with E-state index in [1.807, 2.05) is 60.7 Å². The Kier molecular flexibility index (Phi) is 18.0. The monoisotopic (exact) mass is 1220 g/mol. The number of anilines is 12. The molecular weight excluding hydrogens is 1140 g/mol. The second-order valence-corrected chi connectivity index (χ2v) is 23.6. The lowest BCUT2D eigenvalue weighted by Crippen LogP contribution is -2.30. The van der Waals surface area contributed by atoms with Crippen molar-refractivity contribution in [2.45, 2.75) is 44.4 Å². The smallest absolute Gasteiger partial charge is 0.119 e. The van der Waals surface area contributed by atoms with Crippen molar-refractivity contribution < 1.29 is 23.7 Å². The molecule has 1 saturated carbocycles. The normalized spacial score (nSPS) is 12.5. The Hall–Kier alpha value is -11.2. The number of hydrogen-bond donors (Lipinski definition) is 0. The molecule has 0 bridgehead atoms. The third kappa shape index (κ3) is 13.0. The molecule has 0 amide bonds. The quantitative estimate of drug-likeness (QED) is 0.0700. The van der Waals surface area contributed by atoms with Crippen molar-refractivity contribution in [3.63, 3.8) is 0 Å². The Balaban J connectivity index is 0.771. The van der Waals surface area contributed by atoms with Crippen LogP contribution in [0.2, 0.25) is 0 Å². The minimum atomic E-state index is -0.147. The lowest BCUT2D eigenvalue weighted by Gasteiger charge is -2.39. The van der Waals surface area contributed by atoms with Crippen LogP contribution in [0, 0.1) is 6.92 Å². The van der Waals surface area contributed by atoms with Crippen LogP contribution in [0.5, 0.6) is 28.7 Å². The van der Waals surface area contributed by atoms with Gasteiger partial charge in [-0.2, -0.15) is 0 Å². The average molecular weight is 1220 g/mol. The molecule has 0 N–H and O–H groups in total. The van der Waals surface area contributed by atoms with Gasteiger partial charge in [0.15, 0.2) is 0 Å². The van der Waals surface area contributed by atoms with E-state index in [1.165, 1.54) is 36.0 Å². The van der Waals surface area contributed by atoms with Crippen molar-refractivity contribution in [1.29, 1.82) is 0 Å². The molecule has 13 rings (SSSR count). The molecule has 1 fully saturated rings. The van der Waals surface area contributed by atoms with Crippen molar-refractivity contribution in [2.75, 3.05) is 55.1 Å². The van der Waals surface area contributed by atoms with Crippen LogP contribution in [0.1, 0.15) is 48.8 Å². The summed E-state index contributed by atoms with van der Waals surface area (Å²) in [4.78, 5) is 9.19. The third-order valence-corrected chi connectivity index (χ3v) is 18.2. The topological polar surface area (TPSA) is 59.1 Å². The fourth-order valence-corrected chi connectivity index (χ4v) is 13.1. The minimum absolute atomic E-state index is 0.147. The van der Waals surface area contributed by atoms with E-state index in [0.717, 1.165) is 132 Å². The fraction of sp³-hybridized carbons (Fsp3) is 0.143. The third-order valence-electron chi connectivity index (χ3n) is 18.2. The van der Waals surface area contributed by atoms with Gasteiger partial charge in [-0.05, 0) is 259 Å². The summed E-state index contributed by atoms with van der Waals surface area (Å²) in [6.45, 7) is 2.12. The Bertz CT molecular complexity index is 4320. The maximum Gasteiger partial charge on any atom is 0.119 e. The molecule has 0 unspecified atom stereocenters. The predicted octanol–water partition coefficient (Wildman–Crippen LogP) is 22.5. The van der Waals surface area contributed by atoms with Gasteiger partial charge in [0.2, 0.25) is 0 Å². The van der Waals surface area contributed by atoms with Crippen molar-refractivity contribution in [1.82, 2.24) is 0 Å². The van der Waals surface area contributed by atoms with Gasteiger partial charge >= 0.3 is 0 Å². The number of methoxy groups -OCH3 is 5. The highest BCUT2D eigenvalue weighted by Gasteiger charge is 2.36. The number of benzene rings is 12. The number of hydrogen-bond acceptors (Lipinski definition) is 9. The van der Waals surface area contributed by atoms with Gasteiger partial charge in [-0.15, -0.1) is 0 Å². The van der Waals surface area contributed by atoms with Gasteiger partial charge in [-0.3, -0.25) is 0 Å². The molecule has 462 valence electrons. The van der Waals surface area contributed by atoms with E-state index in [1.54, 1.807) is 35.5 Å². The van der Waals surface area contributed by atoms with Crippen LogP contribution < -0.4 is 43.3 Å². The van der Waals surface area contributed by atoms with E-state index in [0.29, 0.717) is 0 Å². The van der Waals surface area contributed by atoms with Gasteiger partial charge in [-0.1, -0.05) is 110 Å². The Labute approximate surface area is 547 Å². The number of ether oxygens (including phenoxy) is 5. The minimum Gasteiger partial charge on any atom is -0.497 e. The van der Waals surface area contributed by atoms with Gasteiger partial charge in [0.25, 0.3) is 0 Å². The second-order valence-electron chi connectivity index (χ2n) is 23.6. The summed E-state index contributed by atoms with van der Waals surface area (Å²) >= 11 is 0. The van der Waals surface area contributed by atoms with Crippen LogP contribution in [0.4, 0.5) is 68.2 Å². The molecule has 93 heavy (non-hydrogen) atoms. The molecule has 1 aliphatic carbocycles. The lowest BCUT2D eigenvalue weighted by atomic mass is 9.65. The zero-order chi connectivity index (χ0) is 63.7. The largest absolute Gasteiger partial charge is 0.497 e. The molecule has 0 heterocycles. The molecule has 12 aromatic rings. The molecular formula is C84H76N4O5. The molecule has 1 aliphatic rings. The molecule has 9 nitrogen and oxygen atoms in total. The van der Waals surface area contributed by atoms with Crippen molar-refractivity contribution in [3.05, 3.63) is 308 Å². The van der Waals surface area contributed by atoms with E-state index in [-0.39, 0.29) is 5.41 Å². The van der Waals surface area contributed by atoms with E-state index in [9.17, 15) is 0 Å². The van der Waals surface area contributed by atoms with Crippen molar-refractivity contribution in [2.24, 2.45) is 0 Å². The molecule has 0 aromatic heterocycles. The first-order chi connectivity index (χ1) is 45.7. The lowest BCUT2D eigenvalue weighted by molar-refractivity contribution is 0.346. The van der Waals surface area contributed by atoms with Gasteiger partial charge in [0.05, 0.1) is 35.5 Å². The van der Waals surface area contributed by atoms with Crippen molar-refractivity contribution in [3.8, 4) is 51.0 Å². The van der Waals surface area contributed by atoms with E-state index < -0.39 is 0 Å². The number of rotatable bonds is 21. The highest BCUT2D eigenvalue weighted by atomic mass is 16.5. The first-order valence-electron chi connectivity index (χ1n) is 31.8. The second kappa shape index (κ2) is 27.5. The van der Waals surface area contributed by atoms with Gasteiger partial charge in [0.1, 0.15) is 28.7 Å². The van der Waals surface area contributed by atoms with Crippen LogP contribution in [-0.4, -0.2) is 35.5 Å². The molecule has 9 heteroatoms. The van der Waals surface area contributed by atoms with E-state index >= 15 is 0 Å². The summed E-state index contributed by atoms with van der Waals surface area (Å²) in [6, 6.07) is 104. The zero-order valence-corrected chi connectivity index (χ0v) is 53.6. The summed E-state index contributed by atoms with van der Waals surface area (Å²) in [5.41, 5.74) is 20.9. The first kappa shape index (κ1) is 60.7. The van der Waals surface area contributed by atoms with Gasteiger partial charge in [-0.25, -0.2) is 0 Å². The van der Waals surface area contributed by atoms with Crippen LogP contribution in [0.25, 0.3) is 22.3 Å². The fourth-order valence-electron chi connectivity index (χ4n) is 13.1. The van der Waals surface area contributed by atoms with E-state index in [2.05, 4.69) is 257 Å². The highest BCUT2D eigenvalue weighted by molar-refractivity contribution is 5.84. The molecule has 0 radical (unpaired) electrons. The molecule has 0 spiro atoms. The summed E-state index contributed by atoms with van der Waals surface area (Å²) in [5, 5.41) is 0. The maximum atomic E-state index is 5.64.